The molecular weight excluding hydrogens is 627 g/mol. The number of hydrogen-bond donors (Lipinski definition) is 1. The minimum Gasteiger partial charge on any atom is -0.481 e. The van der Waals surface area contributed by atoms with Crippen LogP contribution in [0.4, 0.5) is 13.2 Å². The van der Waals surface area contributed by atoms with Crippen LogP contribution in [0.25, 0.3) is 5.65 Å². The van der Waals surface area contributed by atoms with E-state index in [9.17, 15) is 31.5 Å². The maximum Gasteiger partial charge on any atom is 0.452 e. The molecule has 3 aromatic heterocycles. The lowest BCUT2D eigenvalue weighted by atomic mass is 9.70. The highest BCUT2D eigenvalue weighted by Crippen LogP contribution is 2.44. The van der Waals surface area contributed by atoms with Crippen LogP contribution in [0.2, 0.25) is 0 Å². The molecule has 0 unspecified atom stereocenters. The number of pyridine rings is 2. The first-order valence-electron chi connectivity index (χ1n) is 14.5. The highest BCUT2D eigenvalue weighted by molar-refractivity contribution is 7.89. The summed E-state index contributed by atoms with van der Waals surface area (Å²) in [6.07, 6.45) is -1.69. The number of carbonyl (C=O) groups is 1. The number of benzene rings is 1. The third kappa shape index (κ3) is 6.31. The van der Waals surface area contributed by atoms with Gasteiger partial charge in [0.25, 0.3) is 0 Å². The zero-order valence-electron chi connectivity index (χ0n) is 25.7. The molecule has 4 aromatic rings. The molecule has 4 heterocycles. The molecule has 1 aromatic carbocycles. The number of hydrogen-bond acceptors (Lipinski definition) is 8. The Labute approximate surface area is 264 Å². The van der Waals surface area contributed by atoms with Gasteiger partial charge in [-0.1, -0.05) is 18.2 Å². The summed E-state index contributed by atoms with van der Waals surface area (Å²) in [6.45, 7) is 7.29. The maximum absolute atomic E-state index is 14.0. The minimum atomic E-state index is -4.74. The Morgan fingerprint density at radius 3 is 2.57 bits per heavy atom. The van der Waals surface area contributed by atoms with Crippen LogP contribution in [-0.2, 0) is 32.3 Å². The third-order valence-corrected chi connectivity index (χ3v) is 10.1. The molecular formula is C31H34F3N5O6S. The molecule has 0 bridgehead atoms. The molecule has 0 spiro atoms. The van der Waals surface area contributed by atoms with Crippen LogP contribution < -0.4 is 4.74 Å². The van der Waals surface area contributed by atoms with Crippen molar-refractivity contribution in [1.82, 2.24) is 23.9 Å². The van der Waals surface area contributed by atoms with Crippen molar-refractivity contribution in [2.24, 2.45) is 5.41 Å². The third-order valence-electron chi connectivity index (χ3n) is 8.27. The number of carboxylic acids is 1. The summed E-state index contributed by atoms with van der Waals surface area (Å²) in [5, 5.41) is 17.4. The van der Waals surface area contributed by atoms with Gasteiger partial charge in [0.1, 0.15) is 11.5 Å². The van der Waals surface area contributed by atoms with Crippen molar-refractivity contribution in [3.63, 3.8) is 0 Å². The Hall–Kier alpha value is -4.08. The molecule has 1 N–H and O–H groups in total. The summed E-state index contributed by atoms with van der Waals surface area (Å²) < 4.78 is 82.0. The fourth-order valence-electron chi connectivity index (χ4n) is 5.69. The van der Waals surface area contributed by atoms with Gasteiger partial charge >= 0.3 is 12.1 Å². The number of carboxylic acid groups (broad SMARTS) is 1. The van der Waals surface area contributed by atoms with Gasteiger partial charge in [0, 0.05) is 38.0 Å². The van der Waals surface area contributed by atoms with Crippen LogP contribution in [0.5, 0.6) is 5.88 Å². The highest BCUT2D eigenvalue weighted by atomic mass is 32.2. The van der Waals surface area contributed by atoms with Crippen molar-refractivity contribution >= 4 is 21.6 Å². The van der Waals surface area contributed by atoms with E-state index in [1.54, 1.807) is 25.1 Å². The van der Waals surface area contributed by atoms with Gasteiger partial charge in [-0.2, -0.15) is 17.5 Å². The number of aromatic nitrogens is 4. The van der Waals surface area contributed by atoms with E-state index in [2.05, 4.69) is 15.2 Å². The first-order chi connectivity index (χ1) is 21.6. The molecule has 46 heavy (non-hydrogen) atoms. The second kappa shape index (κ2) is 12.6. The van der Waals surface area contributed by atoms with Gasteiger partial charge in [0.05, 0.1) is 12.0 Å². The van der Waals surface area contributed by atoms with Gasteiger partial charge in [0.15, 0.2) is 5.65 Å². The van der Waals surface area contributed by atoms with Crippen LogP contribution in [0, 0.1) is 19.3 Å². The van der Waals surface area contributed by atoms with Gasteiger partial charge in [-0.3, -0.25) is 9.20 Å². The van der Waals surface area contributed by atoms with Crippen molar-refractivity contribution in [2.45, 2.75) is 57.7 Å². The molecule has 0 amide bonds. The summed E-state index contributed by atoms with van der Waals surface area (Å²) in [6, 6.07) is 9.71. The first kappa shape index (κ1) is 33.3. The second-order valence-electron chi connectivity index (χ2n) is 11.7. The summed E-state index contributed by atoms with van der Waals surface area (Å²) in [7, 11) is -4.09. The van der Waals surface area contributed by atoms with Crippen LogP contribution in [0.3, 0.4) is 0 Å². The summed E-state index contributed by atoms with van der Waals surface area (Å²) in [5.74, 6) is -3.20. The molecule has 5 rings (SSSR count). The molecule has 246 valence electrons. The predicted octanol–water partition coefficient (Wildman–Crippen LogP) is 4.99. The summed E-state index contributed by atoms with van der Waals surface area (Å²) >= 11 is 0. The number of halogens is 3. The molecule has 0 saturated heterocycles. The molecule has 0 fully saturated rings. The largest absolute Gasteiger partial charge is 0.481 e. The lowest BCUT2D eigenvalue weighted by Gasteiger charge is -2.33. The number of rotatable bonds is 6. The quantitative estimate of drug-likeness (QED) is 0.303. The first-order valence-corrected chi connectivity index (χ1v) is 16.0. The predicted molar refractivity (Wildman–Crippen MR) is 160 cm³/mol. The minimum absolute atomic E-state index is 0.0280. The van der Waals surface area contributed by atoms with Gasteiger partial charge in [-0.05, 0) is 80.1 Å². The van der Waals surface area contributed by atoms with E-state index in [-0.39, 0.29) is 42.7 Å². The lowest BCUT2D eigenvalue weighted by molar-refractivity contribution is -0.147. The highest BCUT2D eigenvalue weighted by Gasteiger charge is 2.42. The molecule has 11 nitrogen and oxygen atoms in total. The van der Waals surface area contributed by atoms with Crippen LogP contribution in [0.15, 0.2) is 53.7 Å². The SMILES string of the molecule is Cc1ccc([C@@H](c2ccn3c(C(F)(F)F)nnc3c2C)C(C)(C)C(=O)O)cc1CN1CCCOCCOc2ncccc2S1(=O)=O. The number of sulfonamides is 1. The van der Waals surface area contributed by atoms with E-state index in [0.29, 0.717) is 35.3 Å². The van der Waals surface area contributed by atoms with E-state index in [1.165, 1.54) is 48.7 Å². The maximum atomic E-state index is 14.0. The number of nitrogens with zero attached hydrogens (tertiary/aromatic N) is 5. The molecule has 15 heteroatoms. The lowest BCUT2D eigenvalue weighted by Crippen LogP contribution is -2.34. The second-order valence-corrected chi connectivity index (χ2v) is 13.6. The molecule has 0 saturated carbocycles. The Morgan fingerprint density at radius 2 is 1.85 bits per heavy atom. The zero-order chi connectivity index (χ0) is 33.4. The summed E-state index contributed by atoms with van der Waals surface area (Å²) in [4.78, 5) is 16.7. The summed E-state index contributed by atoms with van der Waals surface area (Å²) in [5.41, 5.74) is 1.23. The number of aryl methyl sites for hydroxylation is 2. The van der Waals surface area contributed by atoms with Crippen LogP contribution >= 0.6 is 0 Å². The van der Waals surface area contributed by atoms with Gasteiger partial charge in [-0.25, -0.2) is 13.4 Å². The molecule has 1 aliphatic heterocycles. The normalized spacial score (nSPS) is 17.1. The topological polar surface area (TPSA) is 136 Å². The average molecular weight is 662 g/mol. The van der Waals surface area contributed by atoms with Gasteiger partial charge in [-0.15, -0.1) is 10.2 Å². The van der Waals surface area contributed by atoms with Crippen molar-refractivity contribution in [2.75, 3.05) is 26.4 Å². The smallest absolute Gasteiger partial charge is 0.452 e. The van der Waals surface area contributed by atoms with Crippen LogP contribution in [-0.4, -0.2) is 69.7 Å². The Balaban J connectivity index is 1.61. The van der Waals surface area contributed by atoms with Crippen molar-refractivity contribution in [3.05, 3.63) is 82.4 Å². The van der Waals surface area contributed by atoms with E-state index >= 15 is 0 Å². The molecule has 1 atom stereocenters. The standard InChI is InChI=1S/C31H34F3N5O6S/c1-19-8-9-21(17-22(19)18-38-12-6-14-44-15-16-45-27-24(46(38,42)43)7-5-11-35-27)25(30(3,4)29(40)41)23-10-13-39-26(20(23)2)36-37-28(39)31(32,33)34/h5,7-11,13,17,25H,6,12,14-16,18H2,1-4H3,(H,40,41)/t25-/m0/s1. The van der Waals surface area contributed by atoms with E-state index in [0.717, 1.165) is 9.96 Å². The number of ether oxygens (including phenoxy) is 2. The fraction of sp³-hybridized carbons (Fsp3) is 0.419. The number of fused-ring (bicyclic) bond motifs is 2. The Bertz CT molecular complexity index is 1880. The monoisotopic (exact) mass is 661 g/mol. The number of aliphatic carboxylic acids is 1. The average Bonchev–Trinajstić information content (AvgIpc) is 3.43. The molecule has 0 radical (unpaired) electrons. The number of alkyl halides is 3. The van der Waals surface area contributed by atoms with Crippen molar-refractivity contribution < 1.29 is 41.0 Å². The molecule has 1 aliphatic rings. The Kier molecular flexibility index (Phi) is 9.12. The molecule has 0 aliphatic carbocycles. The van der Waals surface area contributed by atoms with E-state index < -0.39 is 39.3 Å². The zero-order valence-corrected chi connectivity index (χ0v) is 26.5. The van der Waals surface area contributed by atoms with Crippen molar-refractivity contribution in [3.8, 4) is 5.88 Å². The van der Waals surface area contributed by atoms with Gasteiger partial charge in [0.2, 0.25) is 21.7 Å². The van der Waals surface area contributed by atoms with E-state index in [4.69, 9.17) is 9.47 Å². The Morgan fingerprint density at radius 1 is 1.09 bits per heavy atom. The van der Waals surface area contributed by atoms with E-state index in [1.807, 2.05) is 6.92 Å². The van der Waals surface area contributed by atoms with Crippen LogP contribution in [0.1, 0.15) is 59.8 Å². The van der Waals surface area contributed by atoms with Crippen molar-refractivity contribution in [1.29, 1.82) is 0 Å². The fourth-order valence-corrected chi connectivity index (χ4v) is 7.23. The van der Waals surface area contributed by atoms with Gasteiger partial charge < -0.3 is 14.6 Å².